The molecule has 2 saturated heterocycles. The molecule has 0 atom stereocenters. The monoisotopic (exact) mass is 417 g/mol. The fourth-order valence-corrected chi connectivity index (χ4v) is 4.39. The van der Waals surface area contributed by atoms with E-state index >= 15 is 0 Å². The molecule has 4 heterocycles. The van der Waals surface area contributed by atoms with Crippen LogP contribution < -0.4 is 15.5 Å². The van der Waals surface area contributed by atoms with E-state index in [-0.39, 0.29) is 11.1 Å². The summed E-state index contributed by atoms with van der Waals surface area (Å²) >= 11 is 0.916. The Balaban J connectivity index is 1.50. The maximum absolute atomic E-state index is 11.9. The Morgan fingerprint density at radius 3 is 2.63 bits per heavy atom. The van der Waals surface area contributed by atoms with Crippen LogP contribution in [-0.4, -0.2) is 47.3 Å². The van der Waals surface area contributed by atoms with Gasteiger partial charge in [-0.05, 0) is 59.3 Å². The number of hydrogen-bond acceptors (Lipinski definition) is 7. The molecule has 0 saturated carbocycles. The fourth-order valence-electron chi connectivity index (χ4n) is 3.70. The van der Waals surface area contributed by atoms with Gasteiger partial charge in [0.1, 0.15) is 5.82 Å². The first kappa shape index (κ1) is 18.8. The van der Waals surface area contributed by atoms with E-state index in [9.17, 15) is 9.59 Å². The lowest BCUT2D eigenvalue weighted by molar-refractivity contribution is -0.115. The predicted octanol–water partition coefficient (Wildman–Crippen LogP) is 3.03. The third-order valence-corrected chi connectivity index (χ3v) is 6.02. The van der Waals surface area contributed by atoms with Crippen molar-refractivity contribution in [3.8, 4) is 11.1 Å². The molecular weight excluding hydrogens is 398 g/mol. The van der Waals surface area contributed by atoms with Crippen LogP contribution in [0.1, 0.15) is 5.56 Å². The average molecular weight is 417 g/mol. The number of hydrogen-bond donors (Lipinski definition) is 2. The van der Waals surface area contributed by atoms with Crippen molar-refractivity contribution in [2.45, 2.75) is 0 Å². The molecule has 2 aliphatic rings. The smallest absolute Gasteiger partial charge is 0.290 e. The number of imide groups is 1. The number of anilines is 1. The van der Waals surface area contributed by atoms with Gasteiger partial charge in [0.15, 0.2) is 0 Å². The number of pyridine rings is 2. The van der Waals surface area contributed by atoms with Crippen LogP contribution in [0, 0.1) is 0 Å². The number of thioether (sulfide) groups is 1. The summed E-state index contributed by atoms with van der Waals surface area (Å²) in [6.45, 7) is 3.85. The summed E-state index contributed by atoms with van der Waals surface area (Å²) in [7, 11) is 0. The van der Waals surface area contributed by atoms with E-state index in [4.69, 9.17) is 0 Å². The fraction of sp³-hybridized carbons (Fsp3) is 0.182. The van der Waals surface area contributed by atoms with E-state index in [2.05, 4.69) is 37.6 Å². The van der Waals surface area contributed by atoms with Gasteiger partial charge in [0.2, 0.25) is 0 Å². The van der Waals surface area contributed by atoms with E-state index in [1.54, 1.807) is 12.3 Å². The first-order valence-electron chi connectivity index (χ1n) is 9.73. The van der Waals surface area contributed by atoms with Gasteiger partial charge in [-0.3, -0.25) is 19.9 Å². The van der Waals surface area contributed by atoms with Crippen molar-refractivity contribution in [3.63, 3.8) is 0 Å². The number of amides is 2. The molecule has 30 heavy (non-hydrogen) atoms. The summed E-state index contributed by atoms with van der Waals surface area (Å²) < 4.78 is 0. The van der Waals surface area contributed by atoms with Gasteiger partial charge in [-0.25, -0.2) is 4.98 Å². The second-order valence-electron chi connectivity index (χ2n) is 7.13. The largest absolute Gasteiger partial charge is 0.354 e. The van der Waals surface area contributed by atoms with Crippen LogP contribution in [0.4, 0.5) is 10.6 Å². The summed E-state index contributed by atoms with van der Waals surface area (Å²) in [5, 5.41) is 6.26. The number of fused-ring (bicyclic) bond motifs is 1. The van der Waals surface area contributed by atoms with Crippen LogP contribution in [0.2, 0.25) is 0 Å². The third-order valence-electron chi connectivity index (χ3n) is 5.21. The maximum atomic E-state index is 11.9. The second kappa shape index (κ2) is 7.89. The highest BCUT2D eigenvalue weighted by Gasteiger charge is 2.25. The highest BCUT2D eigenvalue weighted by molar-refractivity contribution is 8.18. The molecule has 2 aromatic heterocycles. The Labute approximate surface area is 177 Å². The zero-order valence-electron chi connectivity index (χ0n) is 16.1. The number of nitrogens with one attached hydrogen (secondary N) is 2. The van der Waals surface area contributed by atoms with E-state index in [0.717, 1.165) is 71.4 Å². The molecule has 2 fully saturated rings. The molecule has 3 aromatic rings. The highest BCUT2D eigenvalue weighted by Crippen LogP contribution is 2.31. The number of carbonyl (C=O) groups excluding carboxylic acids is 2. The Morgan fingerprint density at radius 1 is 1.03 bits per heavy atom. The van der Waals surface area contributed by atoms with Crippen LogP contribution >= 0.6 is 11.8 Å². The zero-order valence-corrected chi connectivity index (χ0v) is 16.9. The molecule has 8 heteroatoms. The first-order valence-corrected chi connectivity index (χ1v) is 10.5. The van der Waals surface area contributed by atoms with E-state index < -0.39 is 0 Å². The summed E-state index contributed by atoms with van der Waals surface area (Å²) in [5.74, 6) is 0.627. The summed E-state index contributed by atoms with van der Waals surface area (Å²) in [5.41, 5.74) is 3.74. The van der Waals surface area contributed by atoms with Gasteiger partial charge < -0.3 is 10.2 Å². The molecule has 2 amide bonds. The lowest BCUT2D eigenvalue weighted by atomic mass is 10.0. The van der Waals surface area contributed by atoms with Crippen molar-refractivity contribution in [1.29, 1.82) is 0 Å². The number of rotatable bonds is 3. The standard InChI is InChI=1S/C22H19N5O2S/c28-21-19(30-22(29)26-21)12-14-1-3-18-17(11-14)16(5-6-24-18)15-2-4-20(25-13-15)27-9-7-23-8-10-27/h1-6,11-13,23H,7-10H2,(H,26,28,29). The molecule has 0 unspecified atom stereocenters. The molecule has 5 rings (SSSR count). The SMILES string of the molecule is O=C1NC(=O)C(=Cc2ccc3nccc(-c4ccc(N5CCNCC5)nc4)c3c2)S1. The number of piperazine rings is 1. The minimum absolute atomic E-state index is 0.343. The summed E-state index contributed by atoms with van der Waals surface area (Å²) in [6.07, 6.45) is 5.42. The van der Waals surface area contributed by atoms with Gasteiger partial charge in [-0.15, -0.1) is 0 Å². The van der Waals surface area contributed by atoms with E-state index in [1.165, 1.54) is 0 Å². The van der Waals surface area contributed by atoms with Gasteiger partial charge in [-0.2, -0.15) is 0 Å². The molecular formula is C22H19N5O2S. The van der Waals surface area contributed by atoms with E-state index in [0.29, 0.717) is 4.91 Å². The molecule has 0 radical (unpaired) electrons. The Bertz CT molecular complexity index is 1170. The minimum Gasteiger partial charge on any atom is -0.354 e. The van der Waals surface area contributed by atoms with E-state index in [1.807, 2.05) is 30.5 Å². The quantitative estimate of drug-likeness (QED) is 0.634. The van der Waals surface area contributed by atoms with Gasteiger partial charge in [0, 0.05) is 49.5 Å². The Kier molecular flexibility index (Phi) is 4.94. The Hall–Kier alpha value is -3.23. The third kappa shape index (κ3) is 3.67. The van der Waals surface area contributed by atoms with Crippen LogP contribution in [0.25, 0.3) is 28.1 Å². The predicted molar refractivity (Wildman–Crippen MR) is 119 cm³/mol. The van der Waals surface area contributed by atoms with Crippen molar-refractivity contribution >= 4 is 45.7 Å². The molecule has 7 nitrogen and oxygen atoms in total. The number of nitrogens with zero attached hydrogens (tertiary/aromatic N) is 3. The normalized spacial score (nSPS) is 18.3. The molecule has 0 aliphatic carbocycles. The topological polar surface area (TPSA) is 87.2 Å². The maximum Gasteiger partial charge on any atom is 0.290 e. The summed E-state index contributed by atoms with van der Waals surface area (Å²) in [6, 6.07) is 11.9. The first-order chi connectivity index (χ1) is 14.7. The number of aromatic nitrogens is 2. The van der Waals surface area contributed by atoms with Crippen molar-refractivity contribution < 1.29 is 9.59 Å². The average Bonchev–Trinajstić information content (AvgIpc) is 3.10. The molecule has 150 valence electrons. The van der Waals surface area contributed by atoms with Crippen molar-refractivity contribution in [2.75, 3.05) is 31.1 Å². The number of carbonyl (C=O) groups is 2. The van der Waals surface area contributed by atoms with Crippen molar-refractivity contribution in [3.05, 3.63) is 59.3 Å². The van der Waals surface area contributed by atoms with Gasteiger partial charge >= 0.3 is 0 Å². The molecule has 1 aromatic carbocycles. The molecule has 0 spiro atoms. The van der Waals surface area contributed by atoms with Crippen LogP contribution in [-0.2, 0) is 4.79 Å². The molecule has 0 bridgehead atoms. The van der Waals surface area contributed by atoms with Crippen molar-refractivity contribution in [2.24, 2.45) is 0 Å². The summed E-state index contributed by atoms with van der Waals surface area (Å²) in [4.78, 5) is 35.1. The van der Waals surface area contributed by atoms with Gasteiger partial charge in [-0.1, -0.05) is 6.07 Å². The van der Waals surface area contributed by atoms with Crippen molar-refractivity contribution in [1.82, 2.24) is 20.6 Å². The Morgan fingerprint density at radius 2 is 1.90 bits per heavy atom. The highest BCUT2D eigenvalue weighted by atomic mass is 32.2. The molecule has 2 aliphatic heterocycles. The lowest BCUT2D eigenvalue weighted by Gasteiger charge is -2.28. The van der Waals surface area contributed by atoms with Gasteiger partial charge in [0.05, 0.1) is 10.4 Å². The second-order valence-corrected chi connectivity index (χ2v) is 8.14. The zero-order chi connectivity index (χ0) is 20.5. The lowest BCUT2D eigenvalue weighted by Crippen LogP contribution is -2.43. The molecule has 2 N–H and O–H groups in total. The van der Waals surface area contributed by atoms with Crippen LogP contribution in [0.5, 0.6) is 0 Å². The van der Waals surface area contributed by atoms with Gasteiger partial charge in [0.25, 0.3) is 11.1 Å². The van der Waals surface area contributed by atoms with Crippen LogP contribution in [0.3, 0.4) is 0 Å². The minimum atomic E-state index is -0.357. The number of benzene rings is 1. The van der Waals surface area contributed by atoms with Crippen LogP contribution in [0.15, 0.2) is 53.7 Å².